The first-order chi connectivity index (χ1) is 14.7. The minimum atomic E-state index is 0.0886. The summed E-state index contributed by atoms with van der Waals surface area (Å²) < 4.78 is 6.36. The molecule has 1 aliphatic heterocycles. The molecular weight excluding hydrogens is 444 g/mol. The summed E-state index contributed by atoms with van der Waals surface area (Å²) >= 11 is 3.44. The normalized spacial score (nSPS) is 17.1. The molecule has 1 saturated heterocycles. The lowest BCUT2D eigenvalue weighted by molar-refractivity contribution is 0.0746. The van der Waals surface area contributed by atoms with E-state index in [4.69, 9.17) is 4.52 Å². The molecule has 1 saturated carbocycles. The molecule has 30 heavy (non-hydrogen) atoms. The molecule has 6 nitrogen and oxygen atoms in total. The van der Waals surface area contributed by atoms with Crippen LogP contribution in [-0.2, 0) is 0 Å². The van der Waals surface area contributed by atoms with Crippen molar-refractivity contribution in [3.05, 3.63) is 64.5 Å². The van der Waals surface area contributed by atoms with E-state index in [0.29, 0.717) is 24.8 Å². The van der Waals surface area contributed by atoms with Gasteiger partial charge in [-0.1, -0.05) is 33.6 Å². The van der Waals surface area contributed by atoms with Gasteiger partial charge in [0.15, 0.2) is 0 Å². The van der Waals surface area contributed by atoms with Crippen LogP contribution >= 0.6 is 15.9 Å². The quantitative estimate of drug-likeness (QED) is 0.555. The molecule has 2 aliphatic rings. The van der Waals surface area contributed by atoms with Crippen LogP contribution in [0.15, 0.2) is 57.5 Å². The smallest absolute Gasteiger partial charge is 0.254 e. The maximum Gasteiger partial charge on any atom is 0.254 e. The van der Waals surface area contributed by atoms with Crippen molar-refractivity contribution in [3.8, 4) is 11.4 Å². The molecule has 0 spiro atoms. The van der Waals surface area contributed by atoms with Crippen molar-refractivity contribution in [2.75, 3.05) is 31.1 Å². The Bertz CT molecular complexity index is 1040. The maximum absolute atomic E-state index is 12.7. The van der Waals surface area contributed by atoms with Crippen LogP contribution in [0.25, 0.3) is 11.4 Å². The first-order valence-corrected chi connectivity index (χ1v) is 11.2. The summed E-state index contributed by atoms with van der Waals surface area (Å²) in [4.78, 5) is 21.5. The number of halogens is 1. The topological polar surface area (TPSA) is 62.5 Å². The molecule has 2 aromatic carbocycles. The third-order valence-electron chi connectivity index (χ3n) is 6.03. The number of carbonyl (C=O) groups excluding carboxylic acids is 1. The van der Waals surface area contributed by atoms with Gasteiger partial charge in [-0.05, 0) is 55.3 Å². The lowest BCUT2D eigenvalue weighted by atomic mass is 9.85. The van der Waals surface area contributed by atoms with Crippen LogP contribution in [0.5, 0.6) is 0 Å². The molecule has 3 aromatic rings. The largest absolute Gasteiger partial charge is 0.368 e. The number of hydrogen-bond acceptors (Lipinski definition) is 5. The highest BCUT2D eigenvalue weighted by Crippen LogP contribution is 2.36. The number of aromatic nitrogens is 2. The van der Waals surface area contributed by atoms with Crippen molar-refractivity contribution >= 4 is 27.5 Å². The van der Waals surface area contributed by atoms with E-state index in [0.717, 1.165) is 53.1 Å². The Morgan fingerprint density at radius 2 is 1.80 bits per heavy atom. The highest BCUT2D eigenvalue weighted by molar-refractivity contribution is 9.10. The standard InChI is InChI=1S/C23H23BrN4O2/c24-19-6-2-5-18(15-19)23(29)28-13-11-27(12-14-28)20-9-7-16(8-10-20)21-25-22(30-26-21)17-3-1-4-17/h2,5-10,15,17H,1,3-4,11-14H2. The van der Waals surface area contributed by atoms with Gasteiger partial charge in [0.05, 0.1) is 0 Å². The number of nitrogens with zero attached hydrogens (tertiary/aromatic N) is 4. The zero-order chi connectivity index (χ0) is 20.5. The zero-order valence-corrected chi connectivity index (χ0v) is 18.2. The second-order valence-electron chi connectivity index (χ2n) is 7.92. The fraction of sp³-hybridized carbons (Fsp3) is 0.348. The SMILES string of the molecule is O=C(c1cccc(Br)c1)N1CCN(c2ccc(-c3noc(C4CCC4)n3)cc2)CC1. The molecule has 1 aliphatic carbocycles. The van der Waals surface area contributed by atoms with Gasteiger partial charge >= 0.3 is 0 Å². The molecule has 1 aromatic heterocycles. The van der Waals surface area contributed by atoms with E-state index >= 15 is 0 Å². The van der Waals surface area contributed by atoms with Crippen LogP contribution in [0, 0.1) is 0 Å². The van der Waals surface area contributed by atoms with Crippen molar-refractivity contribution in [3.63, 3.8) is 0 Å². The van der Waals surface area contributed by atoms with Crippen LogP contribution in [0.4, 0.5) is 5.69 Å². The van der Waals surface area contributed by atoms with E-state index in [2.05, 4.69) is 43.1 Å². The summed E-state index contributed by atoms with van der Waals surface area (Å²) in [6, 6.07) is 15.9. The number of piperazine rings is 1. The summed E-state index contributed by atoms with van der Waals surface area (Å²) in [6.07, 6.45) is 3.55. The minimum absolute atomic E-state index is 0.0886. The molecule has 0 unspecified atom stereocenters. The highest BCUT2D eigenvalue weighted by Gasteiger charge is 2.26. The zero-order valence-electron chi connectivity index (χ0n) is 16.6. The second kappa shape index (κ2) is 8.22. The fourth-order valence-corrected chi connectivity index (χ4v) is 4.37. The van der Waals surface area contributed by atoms with Crippen molar-refractivity contribution in [1.29, 1.82) is 0 Å². The average molecular weight is 467 g/mol. The van der Waals surface area contributed by atoms with Crippen LogP contribution < -0.4 is 4.90 Å². The lowest BCUT2D eigenvalue weighted by Gasteiger charge is -2.36. The van der Waals surface area contributed by atoms with Crippen LogP contribution in [0.2, 0.25) is 0 Å². The van der Waals surface area contributed by atoms with Crippen molar-refractivity contribution in [2.45, 2.75) is 25.2 Å². The Hall–Kier alpha value is -2.67. The predicted molar refractivity (Wildman–Crippen MR) is 119 cm³/mol. The molecule has 1 amide bonds. The number of hydrogen-bond donors (Lipinski definition) is 0. The number of rotatable bonds is 4. The monoisotopic (exact) mass is 466 g/mol. The van der Waals surface area contributed by atoms with E-state index in [1.807, 2.05) is 41.3 Å². The number of amides is 1. The first kappa shape index (κ1) is 19.3. The lowest BCUT2D eigenvalue weighted by Crippen LogP contribution is -2.48. The van der Waals surface area contributed by atoms with Gasteiger partial charge in [0, 0.05) is 53.4 Å². The first-order valence-electron chi connectivity index (χ1n) is 10.4. The van der Waals surface area contributed by atoms with E-state index in [-0.39, 0.29) is 5.91 Å². The van der Waals surface area contributed by atoms with Crippen LogP contribution in [0.3, 0.4) is 0 Å². The van der Waals surface area contributed by atoms with Crippen LogP contribution in [0.1, 0.15) is 41.4 Å². The van der Waals surface area contributed by atoms with Gasteiger partial charge in [0.2, 0.25) is 11.7 Å². The number of carbonyl (C=O) groups is 1. The summed E-state index contributed by atoms with van der Waals surface area (Å²) in [7, 11) is 0. The Kier molecular flexibility index (Phi) is 5.29. The van der Waals surface area contributed by atoms with E-state index in [9.17, 15) is 4.79 Å². The number of anilines is 1. The Morgan fingerprint density at radius 1 is 1.03 bits per heavy atom. The third kappa shape index (κ3) is 3.86. The molecule has 2 heterocycles. The Morgan fingerprint density at radius 3 is 2.47 bits per heavy atom. The van der Waals surface area contributed by atoms with Crippen molar-refractivity contribution in [2.24, 2.45) is 0 Å². The van der Waals surface area contributed by atoms with Crippen molar-refractivity contribution in [1.82, 2.24) is 15.0 Å². The van der Waals surface area contributed by atoms with Gasteiger partial charge < -0.3 is 14.3 Å². The molecule has 7 heteroatoms. The molecule has 0 bridgehead atoms. The van der Waals surface area contributed by atoms with E-state index < -0.39 is 0 Å². The van der Waals surface area contributed by atoms with Gasteiger partial charge in [-0.2, -0.15) is 4.98 Å². The third-order valence-corrected chi connectivity index (χ3v) is 6.52. The molecule has 2 fully saturated rings. The molecule has 0 radical (unpaired) electrons. The molecule has 5 rings (SSSR count). The van der Waals surface area contributed by atoms with E-state index in [1.165, 1.54) is 6.42 Å². The fourth-order valence-electron chi connectivity index (χ4n) is 3.97. The van der Waals surface area contributed by atoms with Gasteiger partial charge in [-0.25, -0.2) is 0 Å². The summed E-state index contributed by atoms with van der Waals surface area (Å²) in [6.45, 7) is 3.05. The molecule has 0 N–H and O–H groups in total. The molecular formula is C23H23BrN4O2. The number of benzene rings is 2. The van der Waals surface area contributed by atoms with Crippen LogP contribution in [-0.4, -0.2) is 47.1 Å². The van der Waals surface area contributed by atoms with Gasteiger partial charge in [0.1, 0.15) is 0 Å². The molecule has 154 valence electrons. The maximum atomic E-state index is 12.7. The van der Waals surface area contributed by atoms with Gasteiger partial charge in [-0.15, -0.1) is 0 Å². The molecule has 0 atom stereocenters. The summed E-state index contributed by atoms with van der Waals surface area (Å²) in [5.74, 6) is 1.96. The van der Waals surface area contributed by atoms with E-state index in [1.54, 1.807) is 0 Å². The van der Waals surface area contributed by atoms with Gasteiger partial charge in [-0.3, -0.25) is 4.79 Å². The van der Waals surface area contributed by atoms with Gasteiger partial charge in [0.25, 0.3) is 5.91 Å². The Labute approximate surface area is 184 Å². The second-order valence-corrected chi connectivity index (χ2v) is 8.84. The average Bonchev–Trinajstić information content (AvgIpc) is 3.22. The Balaban J connectivity index is 1.21. The summed E-state index contributed by atoms with van der Waals surface area (Å²) in [5, 5.41) is 4.15. The highest BCUT2D eigenvalue weighted by atomic mass is 79.9. The van der Waals surface area contributed by atoms with Crippen molar-refractivity contribution < 1.29 is 9.32 Å². The summed E-state index contributed by atoms with van der Waals surface area (Å²) in [5.41, 5.74) is 2.84. The minimum Gasteiger partial charge on any atom is -0.368 e. The predicted octanol–water partition coefficient (Wildman–Crippen LogP) is 4.73.